The summed E-state index contributed by atoms with van der Waals surface area (Å²) in [5.41, 5.74) is 0.0387. The van der Waals surface area contributed by atoms with Crippen molar-refractivity contribution in [2.24, 2.45) is 7.05 Å². The molecule has 2 rings (SSSR count). The molecule has 0 radical (unpaired) electrons. The summed E-state index contributed by atoms with van der Waals surface area (Å²) in [5.74, 6) is 1.18. The molecule has 0 aliphatic rings. The molecule has 0 aliphatic carbocycles. The molecule has 2 aromatic heterocycles. The summed E-state index contributed by atoms with van der Waals surface area (Å²) in [6.07, 6.45) is 3.13. The van der Waals surface area contributed by atoms with E-state index in [1.54, 1.807) is 7.05 Å². The van der Waals surface area contributed by atoms with Crippen LogP contribution in [0.5, 0.6) is 0 Å². The van der Waals surface area contributed by atoms with Crippen LogP contribution in [0.25, 0.3) is 11.2 Å². The quantitative estimate of drug-likeness (QED) is 0.390. The number of thioether (sulfide) groups is 1. The fourth-order valence-electron chi connectivity index (χ4n) is 2.40. The molecule has 0 spiro atoms. The van der Waals surface area contributed by atoms with Crippen molar-refractivity contribution in [2.45, 2.75) is 37.9 Å². The SMILES string of the molecule is CCCCCn1c(SCCOCCCl)nc2c1c(=O)[nH]c(=O)n2C. The number of H-pyrrole nitrogens is 1. The Balaban J connectivity index is 2.31. The predicted molar refractivity (Wildman–Crippen MR) is 97.4 cm³/mol. The zero-order valence-electron chi connectivity index (χ0n) is 14.0. The van der Waals surface area contributed by atoms with E-state index >= 15 is 0 Å². The summed E-state index contributed by atoms with van der Waals surface area (Å²) in [7, 11) is 1.61. The molecular formula is C15H23ClN4O3S. The van der Waals surface area contributed by atoms with Crippen molar-refractivity contribution in [3.8, 4) is 0 Å². The van der Waals surface area contributed by atoms with Crippen LogP contribution in [0.2, 0.25) is 0 Å². The second-order valence-electron chi connectivity index (χ2n) is 5.39. The van der Waals surface area contributed by atoms with Gasteiger partial charge in [0.1, 0.15) is 0 Å². The van der Waals surface area contributed by atoms with Crippen LogP contribution in [-0.2, 0) is 18.3 Å². The largest absolute Gasteiger partial charge is 0.379 e. The minimum Gasteiger partial charge on any atom is -0.379 e. The van der Waals surface area contributed by atoms with Crippen LogP contribution in [0.1, 0.15) is 26.2 Å². The molecule has 2 heterocycles. The van der Waals surface area contributed by atoms with E-state index in [-0.39, 0.29) is 5.56 Å². The van der Waals surface area contributed by atoms with Gasteiger partial charge in [0.2, 0.25) is 0 Å². The van der Waals surface area contributed by atoms with E-state index in [0.29, 0.717) is 42.6 Å². The Bertz CT molecular complexity index is 783. The van der Waals surface area contributed by atoms with Crippen LogP contribution >= 0.6 is 23.4 Å². The van der Waals surface area contributed by atoms with Crippen molar-refractivity contribution in [2.75, 3.05) is 24.8 Å². The second-order valence-corrected chi connectivity index (χ2v) is 6.83. The monoisotopic (exact) mass is 374 g/mol. The molecule has 1 N–H and O–H groups in total. The molecule has 7 nitrogen and oxygen atoms in total. The maximum absolute atomic E-state index is 12.3. The summed E-state index contributed by atoms with van der Waals surface area (Å²) in [4.78, 5) is 30.9. The van der Waals surface area contributed by atoms with Crippen molar-refractivity contribution in [3.63, 3.8) is 0 Å². The third-order valence-corrected chi connectivity index (χ3v) is 4.73. The number of nitrogens with zero attached hydrogens (tertiary/aromatic N) is 3. The number of halogens is 1. The molecule has 0 aromatic carbocycles. The van der Waals surface area contributed by atoms with Gasteiger partial charge in [-0.15, -0.1) is 11.6 Å². The second kappa shape index (κ2) is 9.29. The maximum atomic E-state index is 12.3. The Morgan fingerprint density at radius 3 is 2.79 bits per heavy atom. The number of unbranched alkanes of at least 4 members (excludes halogenated alkanes) is 2. The van der Waals surface area contributed by atoms with Gasteiger partial charge < -0.3 is 9.30 Å². The van der Waals surface area contributed by atoms with Gasteiger partial charge in [0.25, 0.3) is 5.56 Å². The van der Waals surface area contributed by atoms with E-state index in [4.69, 9.17) is 16.3 Å². The molecule has 0 saturated carbocycles. The van der Waals surface area contributed by atoms with Crippen LogP contribution in [0, 0.1) is 0 Å². The topological polar surface area (TPSA) is 81.9 Å². The Morgan fingerprint density at radius 1 is 1.29 bits per heavy atom. The van der Waals surface area contributed by atoms with Crippen LogP contribution in [-0.4, -0.2) is 43.9 Å². The normalized spacial score (nSPS) is 11.5. The molecule has 0 amide bonds. The first-order chi connectivity index (χ1) is 11.6. The van der Waals surface area contributed by atoms with Gasteiger partial charge in [0.15, 0.2) is 16.3 Å². The molecule has 2 aromatic rings. The van der Waals surface area contributed by atoms with Crippen LogP contribution < -0.4 is 11.2 Å². The third kappa shape index (κ3) is 4.43. The molecule has 0 fully saturated rings. The highest BCUT2D eigenvalue weighted by atomic mass is 35.5. The molecule has 0 saturated heterocycles. The Labute approximate surface area is 149 Å². The number of aromatic amines is 1. The van der Waals surface area contributed by atoms with Gasteiger partial charge in [0, 0.05) is 25.2 Å². The fourth-order valence-corrected chi connectivity index (χ4v) is 3.38. The number of aromatic nitrogens is 4. The summed E-state index contributed by atoms with van der Waals surface area (Å²) >= 11 is 7.10. The molecule has 0 bridgehead atoms. The molecule has 0 atom stereocenters. The average Bonchev–Trinajstić information content (AvgIpc) is 2.92. The number of aryl methyl sites for hydroxylation is 2. The van der Waals surface area contributed by atoms with Crippen molar-refractivity contribution in [3.05, 3.63) is 20.8 Å². The first-order valence-electron chi connectivity index (χ1n) is 8.06. The van der Waals surface area contributed by atoms with Gasteiger partial charge in [-0.3, -0.25) is 14.3 Å². The highest BCUT2D eigenvalue weighted by molar-refractivity contribution is 7.99. The van der Waals surface area contributed by atoms with Crippen LogP contribution in [0.4, 0.5) is 0 Å². The third-order valence-electron chi connectivity index (χ3n) is 3.64. The number of hydrogen-bond donors (Lipinski definition) is 1. The van der Waals surface area contributed by atoms with E-state index in [1.807, 2.05) is 4.57 Å². The lowest BCUT2D eigenvalue weighted by atomic mass is 10.2. The molecule has 0 aliphatic heterocycles. The number of ether oxygens (including phenoxy) is 1. The van der Waals surface area contributed by atoms with E-state index in [9.17, 15) is 9.59 Å². The summed E-state index contributed by atoms with van der Waals surface area (Å²) in [5, 5.41) is 0.738. The van der Waals surface area contributed by atoms with Gasteiger partial charge in [-0.1, -0.05) is 31.5 Å². The van der Waals surface area contributed by atoms with E-state index in [1.165, 1.54) is 16.3 Å². The van der Waals surface area contributed by atoms with Crippen molar-refractivity contribution in [1.82, 2.24) is 19.1 Å². The predicted octanol–water partition coefficient (Wildman–Crippen LogP) is 1.96. The smallest absolute Gasteiger partial charge is 0.329 e. The lowest BCUT2D eigenvalue weighted by Gasteiger charge is -2.08. The zero-order valence-corrected chi connectivity index (χ0v) is 15.6. The maximum Gasteiger partial charge on any atom is 0.329 e. The Morgan fingerprint density at radius 2 is 2.08 bits per heavy atom. The fraction of sp³-hybridized carbons (Fsp3) is 0.667. The van der Waals surface area contributed by atoms with E-state index < -0.39 is 5.69 Å². The van der Waals surface area contributed by atoms with Gasteiger partial charge in [-0.2, -0.15) is 0 Å². The lowest BCUT2D eigenvalue weighted by Crippen LogP contribution is -2.29. The lowest BCUT2D eigenvalue weighted by molar-refractivity contribution is 0.166. The minimum atomic E-state index is -0.451. The molecular weight excluding hydrogens is 352 g/mol. The number of rotatable bonds is 10. The average molecular weight is 375 g/mol. The summed E-state index contributed by atoms with van der Waals surface area (Å²) in [6, 6.07) is 0. The van der Waals surface area contributed by atoms with Gasteiger partial charge >= 0.3 is 5.69 Å². The van der Waals surface area contributed by atoms with Crippen molar-refractivity contribution in [1.29, 1.82) is 0 Å². The Hall–Kier alpha value is -1.25. The van der Waals surface area contributed by atoms with Crippen LogP contribution in [0.15, 0.2) is 14.7 Å². The summed E-state index contributed by atoms with van der Waals surface area (Å²) < 4.78 is 8.66. The minimum absolute atomic E-state index is 0.387. The number of imidazole rings is 1. The highest BCUT2D eigenvalue weighted by Gasteiger charge is 2.17. The van der Waals surface area contributed by atoms with Gasteiger partial charge in [-0.05, 0) is 6.42 Å². The van der Waals surface area contributed by atoms with Crippen molar-refractivity contribution >= 4 is 34.5 Å². The first kappa shape index (κ1) is 19.1. The molecule has 24 heavy (non-hydrogen) atoms. The van der Waals surface area contributed by atoms with Gasteiger partial charge in [-0.25, -0.2) is 9.78 Å². The zero-order chi connectivity index (χ0) is 17.5. The number of alkyl halides is 1. The molecule has 9 heteroatoms. The summed E-state index contributed by atoms with van der Waals surface area (Å²) in [6.45, 7) is 3.91. The highest BCUT2D eigenvalue weighted by Crippen LogP contribution is 2.22. The Kier molecular flexibility index (Phi) is 7.39. The first-order valence-corrected chi connectivity index (χ1v) is 9.58. The van der Waals surface area contributed by atoms with E-state index in [2.05, 4.69) is 16.9 Å². The van der Waals surface area contributed by atoms with Crippen LogP contribution in [0.3, 0.4) is 0 Å². The number of nitrogens with one attached hydrogen (secondary N) is 1. The van der Waals surface area contributed by atoms with E-state index in [0.717, 1.165) is 24.4 Å². The molecule has 134 valence electrons. The number of hydrogen-bond acceptors (Lipinski definition) is 5. The number of fused-ring (bicyclic) bond motifs is 1. The standard InChI is InChI=1S/C15H23ClN4O3S/c1-3-4-5-7-20-11-12(19(2)14(22)18-13(11)21)17-15(20)24-10-9-23-8-6-16/h3-10H2,1-2H3,(H,18,21,22). The van der Waals surface area contributed by atoms with Gasteiger partial charge in [0.05, 0.1) is 13.2 Å². The molecule has 0 unspecified atom stereocenters. The van der Waals surface area contributed by atoms with Crippen molar-refractivity contribution < 1.29 is 4.74 Å².